The first-order chi connectivity index (χ1) is 7.03. The topological polar surface area (TPSA) is 26.0 Å². The highest BCUT2D eigenvalue weighted by atomic mass is 79.9. The van der Waals surface area contributed by atoms with Gasteiger partial charge in [-0.25, -0.2) is 0 Å². The molecule has 0 saturated heterocycles. The van der Waals surface area contributed by atoms with Gasteiger partial charge in [-0.15, -0.1) is 11.8 Å². The maximum Gasteiger partial charge on any atom is 0.0176 e. The first kappa shape index (κ1) is 13.1. The molecule has 0 amide bonds. The van der Waals surface area contributed by atoms with Crippen LogP contribution < -0.4 is 5.73 Å². The van der Waals surface area contributed by atoms with E-state index in [2.05, 4.69) is 54.0 Å². The Kier molecular flexibility index (Phi) is 5.16. The maximum atomic E-state index is 5.69. The molecule has 1 aromatic rings. The van der Waals surface area contributed by atoms with Crippen molar-refractivity contribution in [1.29, 1.82) is 0 Å². The molecule has 15 heavy (non-hydrogen) atoms. The molecule has 0 radical (unpaired) electrons. The van der Waals surface area contributed by atoms with Crippen molar-refractivity contribution in [3.05, 3.63) is 28.7 Å². The predicted octanol–water partition coefficient (Wildman–Crippen LogP) is 3.92. The second-order valence-corrected chi connectivity index (χ2v) is 6.50. The van der Waals surface area contributed by atoms with Gasteiger partial charge in [0, 0.05) is 9.37 Å². The zero-order valence-corrected chi connectivity index (χ0v) is 11.7. The van der Waals surface area contributed by atoms with Crippen molar-refractivity contribution in [2.75, 3.05) is 12.3 Å². The third-order valence-electron chi connectivity index (χ3n) is 2.41. The van der Waals surface area contributed by atoms with Gasteiger partial charge < -0.3 is 5.73 Å². The van der Waals surface area contributed by atoms with Gasteiger partial charge in [0.25, 0.3) is 0 Å². The van der Waals surface area contributed by atoms with E-state index in [0.29, 0.717) is 0 Å². The molecule has 0 aliphatic rings. The number of halogens is 1. The molecule has 84 valence electrons. The van der Waals surface area contributed by atoms with Crippen molar-refractivity contribution in [1.82, 2.24) is 0 Å². The van der Waals surface area contributed by atoms with Gasteiger partial charge in [0.15, 0.2) is 0 Å². The van der Waals surface area contributed by atoms with Gasteiger partial charge in [-0.05, 0) is 48.4 Å². The lowest BCUT2D eigenvalue weighted by molar-refractivity contribution is 0.368. The summed E-state index contributed by atoms with van der Waals surface area (Å²) in [5.74, 6) is 1.13. The van der Waals surface area contributed by atoms with Gasteiger partial charge >= 0.3 is 0 Å². The Morgan fingerprint density at radius 3 is 2.40 bits per heavy atom. The van der Waals surface area contributed by atoms with Crippen LogP contribution in [-0.2, 0) is 0 Å². The zero-order chi connectivity index (χ0) is 11.3. The first-order valence-electron chi connectivity index (χ1n) is 5.12. The van der Waals surface area contributed by atoms with Crippen molar-refractivity contribution in [3.63, 3.8) is 0 Å². The molecule has 0 atom stereocenters. The van der Waals surface area contributed by atoms with Crippen molar-refractivity contribution in [2.24, 2.45) is 11.1 Å². The van der Waals surface area contributed by atoms with Gasteiger partial charge in [-0.3, -0.25) is 0 Å². The molecule has 0 unspecified atom stereocenters. The zero-order valence-electron chi connectivity index (χ0n) is 9.29. The van der Waals surface area contributed by atoms with E-state index in [1.165, 1.54) is 4.90 Å². The highest BCUT2D eigenvalue weighted by molar-refractivity contribution is 9.10. The average molecular weight is 288 g/mol. The minimum atomic E-state index is 0.266. The molecular formula is C12H18BrNS. The summed E-state index contributed by atoms with van der Waals surface area (Å²) in [5.41, 5.74) is 5.96. The number of hydrogen-bond acceptors (Lipinski definition) is 2. The van der Waals surface area contributed by atoms with Crippen LogP contribution in [0.4, 0.5) is 0 Å². The number of thioether (sulfide) groups is 1. The minimum Gasteiger partial charge on any atom is -0.330 e. The van der Waals surface area contributed by atoms with Gasteiger partial charge in [0.05, 0.1) is 0 Å². The fraction of sp³-hybridized carbons (Fsp3) is 0.500. The van der Waals surface area contributed by atoms with Crippen molar-refractivity contribution >= 4 is 27.7 Å². The Bertz CT molecular complexity index is 295. The highest BCUT2D eigenvalue weighted by Crippen LogP contribution is 2.26. The minimum absolute atomic E-state index is 0.266. The lowest BCUT2D eigenvalue weighted by atomic mass is 9.91. The van der Waals surface area contributed by atoms with Crippen LogP contribution in [-0.4, -0.2) is 12.3 Å². The Hall–Kier alpha value is 0.01000. The smallest absolute Gasteiger partial charge is 0.0176 e. The fourth-order valence-electron chi connectivity index (χ4n) is 1.08. The van der Waals surface area contributed by atoms with Crippen LogP contribution in [0.15, 0.2) is 33.6 Å². The van der Waals surface area contributed by atoms with Gasteiger partial charge in [0.1, 0.15) is 0 Å². The molecule has 0 aliphatic carbocycles. The Labute approximate surface area is 105 Å². The molecule has 0 saturated carbocycles. The van der Waals surface area contributed by atoms with E-state index in [0.717, 1.165) is 23.2 Å². The van der Waals surface area contributed by atoms with Crippen LogP contribution in [0.5, 0.6) is 0 Å². The SMILES string of the molecule is CC(C)(CN)CCSc1ccc(Br)cc1. The average Bonchev–Trinajstić information content (AvgIpc) is 2.21. The quantitative estimate of drug-likeness (QED) is 0.831. The molecule has 1 aromatic carbocycles. The summed E-state index contributed by atoms with van der Waals surface area (Å²) in [5, 5.41) is 0. The number of benzene rings is 1. The number of rotatable bonds is 5. The predicted molar refractivity (Wildman–Crippen MR) is 72.3 cm³/mol. The molecule has 0 spiro atoms. The molecule has 0 fully saturated rings. The van der Waals surface area contributed by atoms with Crippen LogP contribution in [0.2, 0.25) is 0 Å². The molecule has 0 aliphatic heterocycles. The second kappa shape index (κ2) is 5.92. The molecule has 2 N–H and O–H groups in total. The Morgan fingerprint density at radius 2 is 1.87 bits per heavy atom. The summed E-state index contributed by atoms with van der Waals surface area (Å²) in [4.78, 5) is 1.33. The Morgan fingerprint density at radius 1 is 1.27 bits per heavy atom. The van der Waals surface area contributed by atoms with E-state index >= 15 is 0 Å². The normalized spacial score (nSPS) is 11.7. The maximum absolute atomic E-state index is 5.69. The van der Waals surface area contributed by atoms with Crippen LogP contribution in [0, 0.1) is 5.41 Å². The first-order valence-corrected chi connectivity index (χ1v) is 6.90. The lowest BCUT2D eigenvalue weighted by Crippen LogP contribution is -2.23. The van der Waals surface area contributed by atoms with E-state index in [1.807, 2.05) is 11.8 Å². The van der Waals surface area contributed by atoms with Crippen molar-refractivity contribution in [3.8, 4) is 0 Å². The summed E-state index contributed by atoms with van der Waals surface area (Å²) >= 11 is 5.33. The summed E-state index contributed by atoms with van der Waals surface area (Å²) < 4.78 is 1.13. The summed E-state index contributed by atoms with van der Waals surface area (Å²) in [7, 11) is 0. The third kappa shape index (κ3) is 5.05. The highest BCUT2D eigenvalue weighted by Gasteiger charge is 2.14. The van der Waals surface area contributed by atoms with E-state index < -0.39 is 0 Å². The largest absolute Gasteiger partial charge is 0.330 e. The van der Waals surface area contributed by atoms with E-state index in [-0.39, 0.29) is 5.41 Å². The summed E-state index contributed by atoms with van der Waals surface area (Å²) in [6.07, 6.45) is 1.16. The molecule has 3 heteroatoms. The van der Waals surface area contributed by atoms with Crippen molar-refractivity contribution < 1.29 is 0 Å². The molecule has 1 nitrogen and oxygen atoms in total. The summed E-state index contributed by atoms with van der Waals surface area (Å²) in [6.45, 7) is 5.19. The molecule has 0 heterocycles. The van der Waals surface area contributed by atoms with E-state index in [9.17, 15) is 0 Å². The fourth-order valence-corrected chi connectivity index (χ4v) is 2.56. The molecular weight excluding hydrogens is 270 g/mol. The molecule has 0 aromatic heterocycles. The Balaban J connectivity index is 2.35. The van der Waals surface area contributed by atoms with Crippen molar-refractivity contribution in [2.45, 2.75) is 25.2 Å². The summed E-state index contributed by atoms with van der Waals surface area (Å²) in [6, 6.07) is 8.45. The van der Waals surface area contributed by atoms with Crippen LogP contribution in [0.25, 0.3) is 0 Å². The second-order valence-electron chi connectivity index (χ2n) is 4.42. The standard InChI is InChI=1S/C12H18BrNS/c1-12(2,9-14)7-8-15-11-5-3-10(13)4-6-11/h3-6H,7-9,14H2,1-2H3. The molecule has 1 rings (SSSR count). The third-order valence-corrected chi connectivity index (χ3v) is 3.96. The van der Waals surface area contributed by atoms with Gasteiger partial charge in [-0.2, -0.15) is 0 Å². The van der Waals surface area contributed by atoms with E-state index in [1.54, 1.807) is 0 Å². The monoisotopic (exact) mass is 287 g/mol. The van der Waals surface area contributed by atoms with Gasteiger partial charge in [0.2, 0.25) is 0 Å². The van der Waals surface area contributed by atoms with Crippen LogP contribution in [0.1, 0.15) is 20.3 Å². The molecule has 0 bridgehead atoms. The number of nitrogens with two attached hydrogens (primary N) is 1. The number of hydrogen-bond donors (Lipinski definition) is 1. The van der Waals surface area contributed by atoms with E-state index in [4.69, 9.17) is 5.73 Å². The van der Waals surface area contributed by atoms with Crippen LogP contribution in [0.3, 0.4) is 0 Å². The van der Waals surface area contributed by atoms with Crippen LogP contribution >= 0.6 is 27.7 Å². The lowest BCUT2D eigenvalue weighted by Gasteiger charge is -2.21. The van der Waals surface area contributed by atoms with Gasteiger partial charge in [-0.1, -0.05) is 29.8 Å².